The van der Waals surface area contributed by atoms with Gasteiger partial charge in [-0.3, -0.25) is 5.10 Å². The van der Waals surface area contributed by atoms with E-state index < -0.39 is 0 Å². The predicted octanol–water partition coefficient (Wildman–Crippen LogP) is 1.67. The van der Waals surface area contributed by atoms with Gasteiger partial charge in [0, 0.05) is 11.6 Å². The molecular formula is C12H11N5O. The Morgan fingerprint density at radius 2 is 2.00 bits per heavy atom. The van der Waals surface area contributed by atoms with Crippen LogP contribution in [0.1, 0.15) is 0 Å². The number of hydrogen-bond acceptors (Lipinski definition) is 4. The molecule has 1 aromatic carbocycles. The van der Waals surface area contributed by atoms with E-state index in [4.69, 9.17) is 4.74 Å². The second-order valence-corrected chi connectivity index (χ2v) is 3.72. The average Bonchev–Trinajstić information content (AvgIpc) is 3.09. The number of H-pyrrole nitrogens is 1. The highest BCUT2D eigenvalue weighted by Crippen LogP contribution is 2.20. The number of rotatable bonds is 3. The highest BCUT2D eigenvalue weighted by atomic mass is 16.5. The van der Waals surface area contributed by atoms with Gasteiger partial charge in [0.1, 0.15) is 11.4 Å². The maximum absolute atomic E-state index is 5.11. The third kappa shape index (κ3) is 1.84. The lowest BCUT2D eigenvalue weighted by Crippen LogP contribution is -1.94. The molecule has 6 heteroatoms. The Labute approximate surface area is 103 Å². The number of aromatic amines is 1. The van der Waals surface area contributed by atoms with Gasteiger partial charge in [0.25, 0.3) is 0 Å². The van der Waals surface area contributed by atoms with Crippen molar-refractivity contribution in [3.05, 3.63) is 42.7 Å². The van der Waals surface area contributed by atoms with Crippen molar-refractivity contribution < 1.29 is 4.74 Å². The van der Waals surface area contributed by atoms with Gasteiger partial charge < -0.3 is 4.74 Å². The second-order valence-electron chi connectivity index (χ2n) is 3.72. The molecular weight excluding hydrogens is 230 g/mol. The minimum atomic E-state index is 0.780. The molecule has 0 aliphatic rings. The lowest BCUT2D eigenvalue weighted by atomic mass is 10.2. The Hall–Kier alpha value is -2.63. The first kappa shape index (κ1) is 10.5. The number of methoxy groups -OCH3 is 1. The van der Waals surface area contributed by atoms with Crippen molar-refractivity contribution in [3.8, 4) is 22.8 Å². The van der Waals surface area contributed by atoms with Gasteiger partial charge in [-0.15, -0.1) is 5.10 Å². The maximum Gasteiger partial charge on any atom is 0.151 e. The molecule has 2 heterocycles. The van der Waals surface area contributed by atoms with Crippen LogP contribution in [0.25, 0.3) is 17.1 Å². The molecule has 18 heavy (non-hydrogen) atoms. The maximum atomic E-state index is 5.11. The van der Waals surface area contributed by atoms with E-state index in [1.54, 1.807) is 18.0 Å². The van der Waals surface area contributed by atoms with Crippen LogP contribution in [-0.4, -0.2) is 32.3 Å². The molecule has 1 N–H and O–H groups in total. The van der Waals surface area contributed by atoms with Crippen molar-refractivity contribution in [2.45, 2.75) is 0 Å². The lowest BCUT2D eigenvalue weighted by molar-refractivity contribution is 0.415. The van der Waals surface area contributed by atoms with Crippen LogP contribution in [0.5, 0.6) is 5.75 Å². The molecule has 0 bridgehead atoms. The van der Waals surface area contributed by atoms with E-state index in [0.29, 0.717) is 0 Å². The Morgan fingerprint density at radius 3 is 2.67 bits per heavy atom. The van der Waals surface area contributed by atoms with E-state index >= 15 is 0 Å². The number of nitrogens with zero attached hydrogens (tertiary/aromatic N) is 4. The van der Waals surface area contributed by atoms with Crippen molar-refractivity contribution in [2.75, 3.05) is 7.11 Å². The molecule has 0 radical (unpaired) electrons. The molecule has 6 nitrogen and oxygen atoms in total. The fourth-order valence-corrected chi connectivity index (χ4v) is 1.65. The number of ether oxygens (including phenoxy) is 1. The SMILES string of the molecule is COc1ccc(-c2cn(-c3ccn[nH]3)nn2)cc1. The van der Waals surface area contributed by atoms with E-state index in [1.165, 1.54) is 0 Å². The zero-order valence-electron chi connectivity index (χ0n) is 9.74. The summed E-state index contributed by atoms with van der Waals surface area (Å²) in [5.74, 6) is 1.60. The predicted molar refractivity (Wildman–Crippen MR) is 65.5 cm³/mol. The van der Waals surface area contributed by atoms with Gasteiger partial charge in [-0.1, -0.05) is 5.21 Å². The van der Waals surface area contributed by atoms with E-state index in [9.17, 15) is 0 Å². The first-order valence-electron chi connectivity index (χ1n) is 5.43. The van der Waals surface area contributed by atoms with Gasteiger partial charge in [-0.25, -0.2) is 4.68 Å². The van der Waals surface area contributed by atoms with Gasteiger partial charge in [0.05, 0.1) is 19.5 Å². The summed E-state index contributed by atoms with van der Waals surface area (Å²) in [6, 6.07) is 9.50. The third-order valence-corrected chi connectivity index (χ3v) is 2.61. The van der Waals surface area contributed by atoms with E-state index in [2.05, 4.69) is 20.5 Å². The lowest BCUT2D eigenvalue weighted by Gasteiger charge is -1.99. The molecule has 0 unspecified atom stereocenters. The summed E-state index contributed by atoms with van der Waals surface area (Å²) in [5, 5.41) is 14.9. The number of hydrogen-bond donors (Lipinski definition) is 1. The highest BCUT2D eigenvalue weighted by Gasteiger charge is 2.05. The normalized spacial score (nSPS) is 10.5. The molecule has 0 aliphatic heterocycles. The van der Waals surface area contributed by atoms with Gasteiger partial charge in [-0.2, -0.15) is 5.10 Å². The Balaban J connectivity index is 1.92. The second kappa shape index (κ2) is 4.33. The van der Waals surface area contributed by atoms with Crippen LogP contribution < -0.4 is 4.74 Å². The van der Waals surface area contributed by atoms with Gasteiger partial charge in [0.15, 0.2) is 5.82 Å². The molecule has 0 saturated carbocycles. The molecule has 3 rings (SSSR count). The van der Waals surface area contributed by atoms with Crippen molar-refractivity contribution in [1.82, 2.24) is 25.2 Å². The topological polar surface area (TPSA) is 68.6 Å². The molecule has 2 aromatic heterocycles. The molecule has 90 valence electrons. The van der Waals surface area contributed by atoms with Crippen LogP contribution >= 0.6 is 0 Å². The summed E-state index contributed by atoms with van der Waals surface area (Å²) >= 11 is 0. The fourth-order valence-electron chi connectivity index (χ4n) is 1.65. The van der Waals surface area contributed by atoms with Crippen molar-refractivity contribution in [1.29, 1.82) is 0 Å². The molecule has 0 atom stereocenters. The standard InChI is InChI=1S/C12H11N5O/c1-18-10-4-2-9(3-5-10)11-8-17(16-14-11)12-6-7-13-15-12/h2-8H,1H3,(H,13,15). The zero-order valence-corrected chi connectivity index (χ0v) is 9.74. The van der Waals surface area contributed by atoms with Gasteiger partial charge >= 0.3 is 0 Å². The summed E-state index contributed by atoms with van der Waals surface area (Å²) in [7, 11) is 1.64. The van der Waals surface area contributed by atoms with Crippen molar-refractivity contribution >= 4 is 0 Å². The van der Waals surface area contributed by atoms with Crippen molar-refractivity contribution in [2.24, 2.45) is 0 Å². The van der Waals surface area contributed by atoms with Crippen LogP contribution in [0.15, 0.2) is 42.7 Å². The van der Waals surface area contributed by atoms with E-state index in [-0.39, 0.29) is 0 Å². The monoisotopic (exact) mass is 241 g/mol. The summed E-state index contributed by atoms with van der Waals surface area (Å²) in [6.45, 7) is 0. The zero-order chi connectivity index (χ0) is 12.4. The molecule has 0 saturated heterocycles. The van der Waals surface area contributed by atoms with Crippen LogP contribution in [0, 0.1) is 0 Å². The first-order valence-corrected chi connectivity index (χ1v) is 5.43. The van der Waals surface area contributed by atoms with Crippen molar-refractivity contribution in [3.63, 3.8) is 0 Å². The van der Waals surface area contributed by atoms with Gasteiger partial charge in [-0.05, 0) is 24.3 Å². The largest absolute Gasteiger partial charge is 0.497 e. The molecule has 0 fully saturated rings. The fraction of sp³-hybridized carbons (Fsp3) is 0.0833. The third-order valence-electron chi connectivity index (χ3n) is 2.61. The average molecular weight is 241 g/mol. The minimum Gasteiger partial charge on any atom is -0.497 e. The van der Waals surface area contributed by atoms with E-state index in [1.807, 2.05) is 36.5 Å². The van der Waals surface area contributed by atoms with Crippen LogP contribution in [0.2, 0.25) is 0 Å². The molecule has 0 aliphatic carbocycles. The Bertz CT molecular complexity index is 627. The Kier molecular flexibility index (Phi) is 2.53. The summed E-state index contributed by atoms with van der Waals surface area (Å²) < 4.78 is 6.76. The minimum absolute atomic E-state index is 0.780. The highest BCUT2D eigenvalue weighted by molar-refractivity contribution is 5.59. The number of nitrogens with one attached hydrogen (secondary N) is 1. The summed E-state index contributed by atoms with van der Waals surface area (Å²) in [4.78, 5) is 0. The molecule has 3 aromatic rings. The molecule has 0 spiro atoms. The number of benzene rings is 1. The number of aromatic nitrogens is 5. The Morgan fingerprint density at radius 1 is 1.17 bits per heavy atom. The molecule has 0 amide bonds. The van der Waals surface area contributed by atoms with Crippen LogP contribution in [-0.2, 0) is 0 Å². The summed E-state index contributed by atoms with van der Waals surface area (Å²) in [6.07, 6.45) is 3.51. The van der Waals surface area contributed by atoms with E-state index in [0.717, 1.165) is 22.8 Å². The van der Waals surface area contributed by atoms with Crippen LogP contribution in [0.4, 0.5) is 0 Å². The smallest absolute Gasteiger partial charge is 0.151 e. The summed E-state index contributed by atoms with van der Waals surface area (Å²) in [5.41, 5.74) is 1.79. The quantitative estimate of drug-likeness (QED) is 0.757. The van der Waals surface area contributed by atoms with Crippen LogP contribution in [0.3, 0.4) is 0 Å². The van der Waals surface area contributed by atoms with Gasteiger partial charge in [0.2, 0.25) is 0 Å². The first-order chi connectivity index (χ1) is 8.86.